The number of carbonyl (C=O) groups excluding carboxylic acids is 1. The third-order valence-electron chi connectivity index (χ3n) is 5.09. The Morgan fingerprint density at radius 1 is 1.35 bits per heavy atom. The van der Waals surface area contributed by atoms with Crippen LogP contribution in [-0.4, -0.2) is 84.9 Å². The zero-order valence-electron chi connectivity index (χ0n) is 14.6. The van der Waals surface area contributed by atoms with E-state index in [1.165, 1.54) is 0 Å². The topological polar surface area (TPSA) is 53.0 Å². The fraction of sp³-hybridized carbons (Fsp3) is 0.941. The summed E-state index contributed by atoms with van der Waals surface area (Å²) in [7, 11) is 0. The number of hydrogen-bond acceptors (Lipinski definition) is 5. The molecule has 0 bridgehead atoms. The van der Waals surface area contributed by atoms with Crippen molar-refractivity contribution in [2.45, 2.75) is 38.7 Å². The standard InChI is InChI=1S/C17H32N2O3S/c1-3-10-22-11-9-18-8-5-15(20)17(13-18)6-4-7-19(14-17)16(21)12-23-2/h15,20H,3-14H2,1-2H3/t15-,17-/m1/s1. The van der Waals surface area contributed by atoms with E-state index in [0.29, 0.717) is 12.3 Å². The maximum absolute atomic E-state index is 12.2. The second-order valence-corrected chi connectivity index (χ2v) is 7.77. The number of nitrogens with zero attached hydrogens (tertiary/aromatic N) is 2. The molecule has 0 unspecified atom stereocenters. The normalized spacial score (nSPS) is 29.2. The summed E-state index contributed by atoms with van der Waals surface area (Å²) >= 11 is 1.57. The average Bonchev–Trinajstić information content (AvgIpc) is 2.55. The smallest absolute Gasteiger partial charge is 0.232 e. The molecule has 0 aromatic rings. The molecule has 2 heterocycles. The Kier molecular flexibility index (Phi) is 7.66. The molecule has 2 saturated heterocycles. The maximum Gasteiger partial charge on any atom is 0.232 e. The first-order valence-corrected chi connectivity index (χ1v) is 10.3. The molecule has 23 heavy (non-hydrogen) atoms. The Labute approximate surface area is 144 Å². The average molecular weight is 345 g/mol. The first-order valence-electron chi connectivity index (χ1n) is 8.86. The molecular formula is C17H32N2O3S. The second-order valence-electron chi connectivity index (χ2n) is 6.91. The molecule has 1 spiro atoms. The molecule has 1 N–H and O–H groups in total. The van der Waals surface area contributed by atoms with Crippen molar-refractivity contribution in [3.05, 3.63) is 0 Å². The quantitative estimate of drug-likeness (QED) is 0.709. The molecule has 2 aliphatic heterocycles. The van der Waals surface area contributed by atoms with E-state index < -0.39 is 0 Å². The van der Waals surface area contributed by atoms with E-state index in [-0.39, 0.29) is 17.4 Å². The number of carbonyl (C=O) groups is 1. The first-order chi connectivity index (χ1) is 11.1. The van der Waals surface area contributed by atoms with Gasteiger partial charge in [0.2, 0.25) is 5.91 Å². The van der Waals surface area contributed by atoms with Crippen LogP contribution in [0.5, 0.6) is 0 Å². The molecule has 1 amide bonds. The lowest BCUT2D eigenvalue weighted by Crippen LogP contribution is -2.60. The van der Waals surface area contributed by atoms with Crippen LogP contribution in [0.3, 0.4) is 0 Å². The number of amides is 1. The summed E-state index contributed by atoms with van der Waals surface area (Å²) in [5.41, 5.74) is -0.144. The highest BCUT2D eigenvalue weighted by atomic mass is 32.2. The molecule has 2 fully saturated rings. The fourth-order valence-corrected chi connectivity index (χ4v) is 4.29. The number of ether oxygens (including phenoxy) is 1. The van der Waals surface area contributed by atoms with Gasteiger partial charge in [0.1, 0.15) is 0 Å². The SMILES string of the molecule is CCCOCCN1CC[C@@H](O)[C@]2(CCCN(C(=O)CSC)C2)C1. The number of piperidine rings is 2. The van der Waals surface area contributed by atoms with Gasteiger partial charge in [-0.2, -0.15) is 11.8 Å². The van der Waals surface area contributed by atoms with Crippen molar-refractivity contribution in [2.24, 2.45) is 5.41 Å². The summed E-state index contributed by atoms with van der Waals surface area (Å²) in [6.45, 7) is 7.98. The molecule has 0 aliphatic carbocycles. The lowest BCUT2D eigenvalue weighted by atomic mass is 9.71. The van der Waals surface area contributed by atoms with Crippen molar-refractivity contribution in [1.82, 2.24) is 9.80 Å². The van der Waals surface area contributed by atoms with Crippen LogP contribution in [0.2, 0.25) is 0 Å². The highest BCUT2D eigenvalue weighted by molar-refractivity contribution is 7.99. The minimum Gasteiger partial charge on any atom is -0.392 e. The molecule has 0 radical (unpaired) electrons. The molecule has 0 saturated carbocycles. The van der Waals surface area contributed by atoms with E-state index in [0.717, 1.165) is 65.1 Å². The van der Waals surface area contributed by atoms with Gasteiger partial charge in [-0.25, -0.2) is 0 Å². The summed E-state index contributed by atoms with van der Waals surface area (Å²) in [6, 6.07) is 0. The third kappa shape index (κ3) is 5.08. The number of thioether (sulfide) groups is 1. The van der Waals surface area contributed by atoms with E-state index in [2.05, 4.69) is 11.8 Å². The number of hydrogen-bond donors (Lipinski definition) is 1. The highest BCUT2D eigenvalue weighted by Crippen LogP contribution is 2.38. The Balaban J connectivity index is 1.92. The summed E-state index contributed by atoms with van der Waals surface area (Å²) in [5.74, 6) is 0.757. The summed E-state index contributed by atoms with van der Waals surface area (Å²) in [5, 5.41) is 10.6. The number of rotatable bonds is 7. The zero-order valence-corrected chi connectivity index (χ0v) is 15.4. The van der Waals surface area contributed by atoms with Gasteiger partial charge in [-0.15, -0.1) is 0 Å². The van der Waals surface area contributed by atoms with E-state index in [9.17, 15) is 9.90 Å². The number of likely N-dealkylation sites (tertiary alicyclic amines) is 2. The fourth-order valence-electron chi connectivity index (χ4n) is 3.86. The van der Waals surface area contributed by atoms with Crippen LogP contribution in [0.15, 0.2) is 0 Å². The molecule has 6 heteroatoms. The van der Waals surface area contributed by atoms with E-state index in [4.69, 9.17) is 4.74 Å². The van der Waals surface area contributed by atoms with E-state index in [1.807, 2.05) is 11.2 Å². The minimum atomic E-state index is -0.291. The Morgan fingerprint density at radius 3 is 2.91 bits per heavy atom. The van der Waals surface area contributed by atoms with Crippen molar-refractivity contribution < 1.29 is 14.6 Å². The van der Waals surface area contributed by atoms with Gasteiger partial charge in [-0.05, 0) is 31.9 Å². The van der Waals surface area contributed by atoms with E-state index >= 15 is 0 Å². The van der Waals surface area contributed by atoms with Crippen LogP contribution >= 0.6 is 11.8 Å². The van der Waals surface area contributed by atoms with Gasteiger partial charge >= 0.3 is 0 Å². The van der Waals surface area contributed by atoms with Crippen LogP contribution in [-0.2, 0) is 9.53 Å². The van der Waals surface area contributed by atoms with Crippen molar-refractivity contribution >= 4 is 17.7 Å². The molecule has 2 atom stereocenters. The van der Waals surface area contributed by atoms with Crippen LogP contribution in [0.1, 0.15) is 32.6 Å². The van der Waals surface area contributed by atoms with Gasteiger partial charge in [0.15, 0.2) is 0 Å². The minimum absolute atomic E-state index is 0.144. The predicted molar refractivity (Wildman–Crippen MR) is 94.8 cm³/mol. The Hall–Kier alpha value is -0.300. The van der Waals surface area contributed by atoms with Crippen LogP contribution in [0, 0.1) is 5.41 Å². The lowest BCUT2D eigenvalue weighted by molar-refractivity contribution is -0.138. The van der Waals surface area contributed by atoms with Crippen LogP contribution in [0.4, 0.5) is 0 Å². The lowest BCUT2D eigenvalue weighted by Gasteiger charge is -2.51. The van der Waals surface area contributed by atoms with Gasteiger partial charge < -0.3 is 19.6 Å². The van der Waals surface area contributed by atoms with Crippen LogP contribution in [0.25, 0.3) is 0 Å². The molecule has 134 valence electrons. The maximum atomic E-state index is 12.2. The summed E-state index contributed by atoms with van der Waals surface area (Å²) in [4.78, 5) is 16.6. The summed E-state index contributed by atoms with van der Waals surface area (Å²) < 4.78 is 5.61. The van der Waals surface area contributed by atoms with Gasteiger partial charge in [0.25, 0.3) is 0 Å². The first kappa shape index (κ1) is 19.0. The third-order valence-corrected chi connectivity index (χ3v) is 5.63. The summed E-state index contributed by atoms with van der Waals surface area (Å²) in [6.07, 6.45) is 5.54. The van der Waals surface area contributed by atoms with Crippen molar-refractivity contribution in [2.75, 3.05) is 57.9 Å². The Morgan fingerprint density at radius 2 is 2.17 bits per heavy atom. The largest absolute Gasteiger partial charge is 0.392 e. The monoisotopic (exact) mass is 344 g/mol. The van der Waals surface area contributed by atoms with Crippen molar-refractivity contribution in [3.63, 3.8) is 0 Å². The Bertz CT molecular complexity index is 383. The predicted octanol–water partition coefficient (Wildman–Crippen LogP) is 1.45. The van der Waals surface area contributed by atoms with Gasteiger partial charge in [-0.1, -0.05) is 6.92 Å². The van der Waals surface area contributed by atoms with Gasteiger partial charge in [0, 0.05) is 44.7 Å². The molecule has 0 aromatic heterocycles. The highest BCUT2D eigenvalue weighted by Gasteiger charge is 2.46. The molecule has 2 rings (SSSR count). The second kappa shape index (κ2) is 9.25. The van der Waals surface area contributed by atoms with E-state index in [1.54, 1.807) is 11.8 Å². The molecular weight excluding hydrogens is 312 g/mol. The van der Waals surface area contributed by atoms with Crippen molar-refractivity contribution in [3.8, 4) is 0 Å². The number of aliphatic hydroxyl groups is 1. The molecule has 5 nitrogen and oxygen atoms in total. The molecule has 2 aliphatic rings. The van der Waals surface area contributed by atoms with Crippen molar-refractivity contribution in [1.29, 1.82) is 0 Å². The molecule has 0 aromatic carbocycles. The van der Waals surface area contributed by atoms with Gasteiger partial charge in [0.05, 0.1) is 18.5 Å². The van der Waals surface area contributed by atoms with Gasteiger partial charge in [-0.3, -0.25) is 4.79 Å². The zero-order chi connectivity index (χ0) is 16.7. The number of aliphatic hydroxyl groups excluding tert-OH is 1. The van der Waals surface area contributed by atoms with Crippen LogP contribution < -0.4 is 0 Å².